The lowest BCUT2D eigenvalue weighted by atomic mass is 10.1. The van der Waals surface area contributed by atoms with Gasteiger partial charge >= 0.3 is 12.4 Å². The maximum Gasteiger partial charge on any atom is 0.442 e. The molecule has 0 N–H and O–H groups in total. The highest BCUT2D eigenvalue weighted by atomic mass is 19.4. The number of hydrogen-bond donors (Lipinski definition) is 0. The van der Waals surface area contributed by atoms with Crippen molar-refractivity contribution >= 4 is 0 Å². The molecule has 0 spiro atoms. The molecule has 0 saturated heterocycles. The molecule has 1 atom stereocenters. The van der Waals surface area contributed by atoms with Gasteiger partial charge in [-0.1, -0.05) is 6.92 Å². The fourth-order valence-electron chi connectivity index (χ4n) is 0.408. The molecule has 1 unspecified atom stereocenters. The van der Waals surface area contributed by atoms with Gasteiger partial charge in [0.15, 0.2) is 0 Å². The van der Waals surface area contributed by atoms with Crippen molar-refractivity contribution in [1.29, 1.82) is 0 Å². The Hall–Kier alpha value is -0.750. The molecule has 0 aliphatic carbocycles. The Morgan fingerprint density at radius 3 is 1.69 bits per heavy atom. The predicted octanol–water partition coefficient (Wildman–Crippen LogP) is 3.60. The highest BCUT2D eigenvalue weighted by Gasteiger charge is 2.40. The third kappa shape index (κ3) is 4.14. The molecule has 0 radical (unpaired) electrons. The van der Waals surface area contributed by atoms with Crippen molar-refractivity contribution in [2.45, 2.75) is 19.3 Å². The molecule has 0 aliphatic rings. The van der Waals surface area contributed by atoms with Gasteiger partial charge in [0.05, 0.1) is 5.92 Å². The fourth-order valence-corrected chi connectivity index (χ4v) is 0.408. The van der Waals surface area contributed by atoms with Gasteiger partial charge in [-0.25, -0.2) is 4.39 Å². The van der Waals surface area contributed by atoms with Crippen LogP contribution in [0.4, 0.5) is 30.7 Å². The van der Waals surface area contributed by atoms with Crippen molar-refractivity contribution in [3.05, 3.63) is 11.9 Å². The number of allylic oxidation sites excluding steroid dienone is 2. The van der Waals surface area contributed by atoms with Crippen molar-refractivity contribution < 1.29 is 30.7 Å². The second kappa shape index (κ2) is 3.55. The molecular weight excluding hydrogens is 205 g/mol. The fraction of sp³-hybridized carbons (Fsp3) is 0.667. The molecule has 0 aliphatic heterocycles. The average molecular weight is 210 g/mol. The summed E-state index contributed by atoms with van der Waals surface area (Å²) in [6, 6.07) is 0. The topological polar surface area (TPSA) is 0 Å². The van der Waals surface area contributed by atoms with Crippen LogP contribution in [0.3, 0.4) is 0 Å². The van der Waals surface area contributed by atoms with E-state index in [-0.39, 0.29) is 0 Å². The zero-order chi connectivity index (χ0) is 10.9. The monoisotopic (exact) mass is 210 g/mol. The molecule has 0 heterocycles. The minimum absolute atomic E-state index is 0.436. The van der Waals surface area contributed by atoms with E-state index in [2.05, 4.69) is 0 Å². The lowest BCUT2D eigenvalue weighted by Gasteiger charge is -2.12. The van der Waals surface area contributed by atoms with Gasteiger partial charge in [0.1, 0.15) is 0 Å². The van der Waals surface area contributed by atoms with Gasteiger partial charge in [-0.05, 0) is 6.08 Å². The lowest BCUT2D eigenvalue weighted by Crippen LogP contribution is -2.19. The third-order valence-electron chi connectivity index (χ3n) is 1.18. The summed E-state index contributed by atoms with van der Waals surface area (Å²) in [6.45, 7) is 0.436. The van der Waals surface area contributed by atoms with Crippen LogP contribution >= 0.6 is 0 Å². The van der Waals surface area contributed by atoms with Crippen LogP contribution in [-0.2, 0) is 0 Å². The Morgan fingerprint density at radius 1 is 1.08 bits per heavy atom. The first kappa shape index (κ1) is 12.2. The first-order valence-corrected chi connectivity index (χ1v) is 3.06. The number of alkyl halides is 6. The summed E-state index contributed by atoms with van der Waals surface area (Å²) in [4.78, 5) is 0. The maximum atomic E-state index is 11.9. The number of halogens is 7. The predicted molar refractivity (Wildman–Crippen MR) is 30.5 cm³/mol. The Morgan fingerprint density at radius 2 is 1.46 bits per heavy atom. The standard InChI is InChI=1S/C6H5F7/c1-3(5(8,9)10)2-4(7)6(11,12)13/h2-3H,1H3. The van der Waals surface area contributed by atoms with Crippen molar-refractivity contribution in [3.63, 3.8) is 0 Å². The highest BCUT2D eigenvalue weighted by Crippen LogP contribution is 2.32. The molecule has 0 saturated carbocycles. The summed E-state index contributed by atoms with van der Waals surface area (Å²) in [5.74, 6) is -5.17. The Kier molecular flexibility index (Phi) is 3.34. The molecule has 0 bridgehead atoms. The summed E-state index contributed by atoms with van der Waals surface area (Å²) in [7, 11) is 0. The summed E-state index contributed by atoms with van der Waals surface area (Å²) in [6.07, 6.45) is -10.7. The highest BCUT2D eigenvalue weighted by molar-refractivity contribution is 5.02. The number of hydrogen-bond acceptors (Lipinski definition) is 0. The Bertz CT molecular complexity index is 196. The molecule has 0 nitrogen and oxygen atoms in total. The van der Waals surface area contributed by atoms with E-state index in [0.717, 1.165) is 0 Å². The second-order valence-corrected chi connectivity index (χ2v) is 2.34. The molecule has 13 heavy (non-hydrogen) atoms. The molecular formula is C6H5F7. The molecule has 0 aromatic rings. The van der Waals surface area contributed by atoms with Gasteiger partial charge in [-0.3, -0.25) is 0 Å². The molecule has 7 heteroatoms. The van der Waals surface area contributed by atoms with E-state index in [0.29, 0.717) is 6.92 Å². The van der Waals surface area contributed by atoms with E-state index in [4.69, 9.17) is 0 Å². The van der Waals surface area contributed by atoms with Crippen LogP contribution in [0.15, 0.2) is 11.9 Å². The van der Waals surface area contributed by atoms with Crippen LogP contribution in [0.25, 0.3) is 0 Å². The van der Waals surface area contributed by atoms with Gasteiger partial charge in [-0.2, -0.15) is 26.3 Å². The summed E-state index contributed by atoms with van der Waals surface area (Å²) < 4.78 is 80.9. The van der Waals surface area contributed by atoms with E-state index in [1.165, 1.54) is 0 Å². The molecule has 0 aromatic carbocycles. The van der Waals surface area contributed by atoms with Gasteiger partial charge in [0.2, 0.25) is 5.83 Å². The normalized spacial score (nSPS) is 17.4. The summed E-state index contributed by atoms with van der Waals surface area (Å²) >= 11 is 0. The van der Waals surface area contributed by atoms with Crippen molar-refractivity contribution in [1.82, 2.24) is 0 Å². The maximum absolute atomic E-state index is 11.9. The zero-order valence-electron chi connectivity index (χ0n) is 6.30. The average Bonchev–Trinajstić information content (AvgIpc) is 1.82. The second-order valence-electron chi connectivity index (χ2n) is 2.34. The van der Waals surface area contributed by atoms with Crippen LogP contribution in [0.2, 0.25) is 0 Å². The molecule has 0 fully saturated rings. The van der Waals surface area contributed by atoms with Gasteiger partial charge in [-0.15, -0.1) is 0 Å². The lowest BCUT2D eigenvalue weighted by molar-refractivity contribution is -0.158. The van der Waals surface area contributed by atoms with E-state index in [9.17, 15) is 30.7 Å². The van der Waals surface area contributed by atoms with Crippen molar-refractivity contribution in [2.75, 3.05) is 0 Å². The van der Waals surface area contributed by atoms with Gasteiger partial charge in [0, 0.05) is 0 Å². The molecule has 78 valence electrons. The van der Waals surface area contributed by atoms with E-state index < -0.39 is 30.2 Å². The Labute approximate surface area is 69.0 Å². The van der Waals surface area contributed by atoms with E-state index in [1.807, 2.05) is 0 Å². The van der Waals surface area contributed by atoms with Crippen molar-refractivity contribution in [3.8, 4) is 0 Å². The van der Waals surface area contributed by atoms with Crippen LogP contribution < -0.4 is 0 Å². The molecule has 0 aromatic heterocycles. The quantitative estimate of drug-likeness (QED) is 0.580. The molecule has 0 amide bonds. The van der Waals surface area contributed by atoms with Gasteiger partial charge in [0.25, 0.3) is 0 Å². The smallest absolute Gasteiger partial charge is 0.202 e. The van der Waals surface area contributed by atoms with E-state index >= 15 is 0 Å². The van der Waals surface area contributed by atoms with Crippen LogP contribution in [0.5, 0.6) is 0 Å². The number of rotatable bonds is 1. The van der Waals surface area contributed by atoms with Crippen LogP contribution in [0, 0.1) is 5.92 Å². The Balaban J connectivity index is 4.59. The van der Waals surface area contributed by atoms with Gasteiger partial charge < -0.3 is 0 Å². The van der Waals surface area contributed by atoms with Crippen LogP contribution in [-0.4, -0.2) is 12.4 Å². The first-order valence-electron chi connectivity index (χ1n) is 3.06. The van der Waals surface area contributed by atoms with E-state index in [1.54, 1.807) is 0 Å². The summed E-state index contributed by atoms with van der Waals surface area (Å²) in [5.41, 5.74) is 0. The third-order valence-corrected chi connectivity index (χ3v) is 1.18. The minimum atomic E-state index is -5.35. The summed E-state index contributed by atoms with van der Waals surface area (Å²) in [5, 5.41) is 0. The zero-order valence-corrected chi connectivity index (χ0v) is 6.30. The largest absolute Gasteiger partial charge is 0.442 e. The SMILES string of the molecule is CC(C=C(F)C(F)(F)F)C(F)(F)F. The minimum Gasteiger partial charge on any atom is -0.202 e. The molecule has 0 rings (SSSR count). The van der Waals surface area contributed by atoms with Crippen molar-refractivity contribution in [2.24, 2.45) is 5.92 Å². The van der Waals surface area contributed by atoms with Crippen LogP contribution in [0.1, 0.15) is 6.92 Å². The first-order chi connectivity index (χ1) is 5.55.